The second kappa shape index (κ2) is 5.28. The molecule has 1 aromatic heterocycles. The van der Waals surface area contributed by atoms with Crippen molar-refractivity contribution in [1.82, 2.24) is 15.1 Å². The number of rotatable bonds is 3. The molecule has 1 aliphatic rings. The van der Waals surface area contributed by atoms with E-state index >= 15 is 0 Å². The second-order valence-electron chi connectivity index (χ2n) is 5.25. The number of halogens is 1. The smallest absolute Gasteiger partial charge is 0.287 e. The van der Waals surface area contributed by atoms with Gasteiger partial charge in [-0.15, -0.1) is 0 Å². The van der Waals surface area contributed by atoms with Crippen LogP contribution in [0.25, 0.3) is 0 Å². The van der Waals surface area contributed by atoms with Gasteiger partial charge < -0.3 is 10.6 Å². The molecule has 1 atom stereocenters. The minimum absolute atomic E-state index is 0.197. The second-order valence-corrected chi connectivity index (χ2v) is 5.62. The van der Waals surface area contributed by atoms with Crippen molar-refractivity contribution >= 4 is 17.3 Å². The van der Waals surface area contributed by atoms with Gasteiger partial charge in [0.15, 0.2) is 0 Å². The zero-order chi connectivity index (χ0) is 13.2. The van der Waals surface area contributed by atoms with E-state index < -0.39 is 0 Å². The molecule has 0 aliphatic carbocycles. The highest BCUT2D eigenvalue weighted by Gasteiger charge is 2.26. The Bertz CT molecular complexity index is 479. The monoisotopic (exact) mass is 270 g/mol. The Kier molecular flexibility index (Phi) is 3.92. The molecule has 5 nitrogen and oxygen atoms in total. The van der Waals surface area contributed by atoms with E-state index in [1.807, 2.05) is 0 Å². The molecule has 6 heteroatoms. The fraction of sp³-hybridized carbons (Fsp3) is 0.667. The highest BCUT2D eigenvalue weighted by Crippen LogP contribution is 2.26. The van der Waals surface area contributed by atoms with Gasteiger partial charge in [-0.05, 0) is 24.8 Å². The van der Waals surface area contributed by atoms with Gasteiger partial charge in [0, 0.05) is 20.1 Å². The van der Waals surface area contributed by atoms with Gasteiger partial charge in [-0.1, -0.05) is 18.5 Å². The largest absolute Gasteiger partial charge is 0.382 e. The van der Waals surface area contributed by atoms with E-state index in [9.17, 15) is 4.79 Å². The molecular formula is C12H19ClN4O. The van der Waals surface area contributed by atoms with Crippen LogP contribution in [-0.2, 0) is 7.05 Å². The number of hydrogen-bond donors (Lipinski definition) is 2. The van der Waals surface area contributed by atoms with Gasteiger partial charge in [-0.25, -0.2) is 4.68 Å². The maximum absolute atomic E-state index is 11.6. The van der Waals surface area contributed by atoms with E-state index in [-0.39, 0.29) is 16.0 Å². The van der Waals surface area contributed by atoms with E-state index in [1.165, 1.54) is 17.5 Å². The molecule has 100 valence electrons. The van der Waals surface area contributed by atoms with Crippen molar-refractivity contribution < 1.29 is 0 Å². The molecule has 1 unspecified atom stereocenters. The first-order valence-corrected chi connectivity index (χ1v) is 6.56. The molecule has 0 saturated carbocycles. The first-order chi connectivity index (χ1) is 8.52. The van der Waals surface area contributed by atoms with Crippen LogP contribution in [0.15, 0.2) is 11.0 Å². The minimum Gasteiger partial charge on any atom is -0.382 e. The third-order valence-corrected chi connectivity index (χ3v) is 3.83. The van der Waals surface area contributed by atoms with Gasteiger partial charge in [0.1, 0.15) is 5.02 Å². The maximum Gasteiger partial charge on any atom is 0.287 e. The van der Waals surface area contributed by atoms with Crippen molar-refractivity contribution in [2.75, 3.05) is 25.0 Å². The fourth-order valence-corrected chi connectivity index (χ4v) is 2.45. The lowest BCUT2D eigenvalue weighted by Gasteiger charge is -2.34. The maximum atomic E-state index is 11.6. The van der Waals surface area contributed by atoms with Gasteiger partial charge >= 0.3 is 0 Å². The van der Waals surface area contributed by atoms with Crippen LogP contribution in [-0.4, -0.2) is 29.4 Å². The van der Waals surface area contributed by atoms with Gasteiger partial charge in [0.25, 0.3) is 5.56 Å². The summed E-state index contributed by atoms with van der Waals surface area (Å²) in [6, 6.07) is 0. The van der Waals surface area contributed by atoms with Crippen molar-refractivity contribution in [3.05, 3.63) is 21.6 Å². The van der Waals surface area contributed by atoms with E-state index in [4.69, 9.17) is 11.6 Å². The molecule has 1 saturated heterocycles. The molecule has 1 fully saturated rings. The van der Waals surface area contributed by atoms with E-state index in [0.29, 0.717) is 5.69 Å². The highest BCUT2D eigenvalue weighted by atomic mass is 35.5. The van der Waals surface area contributed by atoms with Crippen LogP contribution in [0.1, 0.15) is 19.8 Å². The third-order valence-electron chi connectivity index (χ3n) is 3.47. The SMILES string of the molecule is Cn1ncc(NCC2(C)CCCNC2)c(Cl)c1=O. The Morgan fingerprint density at radius 1 is 1.67 bits per heavy atom. The lowest BCUT2D eigenvalue weighted by Crippen LogP contribution is -2.42. The molecule has 1 aromatic rings. The molecular weight excluding hydrogens is 252 g/mol. The lowest BCUT2D eigenvalue weighted by molar-refractivity contribution is 0.253. The number of hydrogen-bond acceptors (Lipinski definition) is 4. The highest BCUT2D eigenvalue weighted by molar-refractivity contribution is 6.32. The molecule has 0 radical (unpaired) electrons. The Balaban J connectivity index is 2.06. The minimum atomic E-state index is -0.270. The topological polar surface area (TPSA) is 59.0 Å². The van der Waals surface area contributed by atoms with E-state index in [1.54, 1.807) is 13.2 Å². The first kappa shape index (κ1) is 13.4. The molecule has 0 aromatic carbocycles. The average molecular weight is 271 g/mol. The molecule has 0 spiro atoms. The predicted molar refractivity (Wildman–Crippen MR) is 73.2 cm³/mol. The molecule has 0 bridgehead atoms. The van der Waals surface area contributed by atoms with Gasteiger partial charge in [0.05, 0.1) is 11.9 Å². The van der Waals surface area contributed by atoms with E-state index in [2.05, 4.69) is 22.7 Å². The molecule has 2 N–H and O–H groups in total. The fourth-order valence-electron chi connectivity index (χ4n) is 2.21. The van der Waals surface area contributed by atoms with Gasteiger partial charge in [-0.3, -0.25) is 4.79 Å². The van der Waals surface area contributed by atoms with Crippen LogP contribution < -0.4 is 16.2 Å². The van der Waals surface area contributed by atoms with Crippen molar-refractivity contribution in [3.63, 3.8) is 0 Å². The van der Waals surface area contributed by atoms with E-state index in [0.717, 1.165) is 19.6 Å². The van der Waals surface area contributed by atoms with Crippen LogP contribution in [0.4, 0.5) is 5.69 Å². The summed E-state index contributed by atoms with van der Waals surface area (Å²) in [5.41, 5.74) is 0.544. The summed E-state index contributed by atoms with van der Waals surface area (Å²) < 4.78 is 1.23. The summed E-state index contributed by atoms with van der Waals surface area (Å²) in [6.07, 6.45) is 3.95. The van der Waals surface area contributed by atoms with Crippen molar-refractivity contribution in [2.45, 2.75) is 19.8 Å². The summed E-state index contributed by atoms with van der Waals surface area (Å²) in [6.45, 7) is 5.09. The Labute approximate surface area is 112 Å². The summed E-state index contributed by atoms with van der Waals surface area (Å²) in [4.78, 5) is 11.6. The normalized spacial score (nSPS) is 23.9. The molecule has 18 heavy (non-hydrogen) atoms. The van der Waals surface area contributed by atoms with Crippen LogP contribution in [0.3, 0.4) is 0 Å². The van der Waals surface area contributed by atoms with Crippen molar-refractivity contribution in [1.29, 1.82) is 0 Å². The quantitative estimate of drug-likeness (QED) is 0.868. The summed E-state index contributed by atoms with van der Waals surface area (Å²) >= 11 is 6.01. The van der Waals surface area contributed by atoms with Gasteiger partial charge in [0.2, 0.25) is 0 Å². The molecule has 2 rings (SSSR count). The Hall–Kier alpha value is -1.07. The van der Waals surface area contributed by atoms with Gasteiger partial charge in [-0.2, -0.15) is 5.10 Å². The number of aryl methyl sites for hydroxylation is 1. The molecule has 2 heterocycles. The number of piperidine rings is 1. The lowest BCUT2D eigenvalue weighted by atomic mass is 9.83. The van der Waals surface area contributed by atoms with Crippen molar-refractivity contribution in [3.8, 4) is 0 Å². The van der Waals surface area contributed by atoms with Crippen molar-refractivity contribution in [2.24, 2.45) is 12.5 Å². The number of anilines is 1. The summed E-state index contributed by atoms with van der Waals surface area (Å²) in [7, 11) is 1.59. The van der Waals surface area contributed by atoms with Crippen LogP contribution >= 0.6 is 11.6 Å². The number of aromatic nitrogens is 2. The van der Waals surface area contributed by atoms with Crippen LogP contribution in [0.2, 0.25) is 5.02 Å². The van der Waals surface area contributed by atoms with Crippen LogP contribution in [0.5, 0.6) is 0 Å². The Morgan fingerprint density at radius 3 is 3.11 bits per heavy atom. The number of nitrogens with one attached hydrogen (secondary N) is 2. The first-order valence-electron chi connectivity index (χ1n) is 6.18. The molecule has 0 amide bonds. The predicted octanol–water partition coefficient (Wildman–Crippen LogP) is 1.24. The zero-order valence-corrected chi connectivity index (χ0v) is 11.5. The average Bonchev–Trinajstić information content (AvgIpc) is 2.36. The number of nitrogens with zero attached hydrogens (tertiary/aromatic N) is 2. The van der Waals surface area contributed by atoms with Crippen LogP contribution in [0, 0.1) is 5.41 Å². The summed E-state index contributed by atoms with van der Waals surface area (Å²) in [5, 5.41) is 10.8. The zero-order valence-electron chi connectivity index (χ0n) is 10.8. The third kappa shape index (κ3) is 2.84. The standard InChI is InChI=1S/C12H19ClN4O/c1-12(4-3-5-14-7-12)8-15-9-6-16-17(2)11(18)10(9)13/h6,14-15H,3-5,7-8H2,1-2H3. The molecule has 1 aliphatic heterocycles. The summed E-state index contributed by atoms with van der Waals surface area (Å²) in [5.74, 6) is 0. The Morgan fingerprint density at radius 2 is 2.44 bits per heavy atom.